The van der Waals surface area contributed by atoms with E-state index in [0.717, 1.165) is 0 Å². The summed E-state index contributed by atoms with van der Waals surface area (Å²) in [4.78, 5) is 22.6. The van der Waals surface area contributed by atoms with Crippen LogP contribution in [0.2, 0.25) is 0 Å². The number of hydrogen-bond donors (Lipinski definition) is 4. The molecule has 104 valence electrons. The first kappa shape index (κ1) is 15.0. The van der Waals surface area contributed by atoms with Gasteiger partial charge in [-0.25, -0.2) is 4.79 Å². The summed E-state index contributed by atoms with van der Waals surface area (Å²) in [7, 11) is 1.54. The molecule has 1 aromatic carbocycles. The maximum atomic E-state index is 11.5. The molecule has 0 atom stereocenters. The van der Waals surface area contributed by atoms with Crippen molar-refractivity contribution in [3.8, 4) is 0 Å². The number of anilines is 2. The first-order chi connectivity index (χ1) is 9.15. The van der Waals surface area contributed by atoms with Gasteiger partial charge in [-0.3, -0.25) is 4.79 Å². The number of carbonyl (C=O) groups excluding carboxylic acids is 2. The molecule has 1 aromatic rings. The standard InChI is InChI=1S/C13H19N3O3/c1-14-13(19)16-11-7-5-10(6-8-11)15-12(18)4-2-3-9-17/h5-8,17H,2-4,9H2,1H3,(H,15,18)(H2,14,16,19). The van der Waals surface area contributed by atoms with E-state index in [9.17, 15) is 9.59 Å². The fraction of sp³-hybridized carbons (Fsp3) is 0.385. The van der Waals surface area contributed by atoms with E-state index in [1.807, 2.05) is 0 Å². The summed E-state index contributed by atoms with van der Waals surface area (Å²) in [6.45, 7) is 0.104. The molecule has 0 aliphatic carbocycles. The minimum absolute atomic E-state index is 0.0829. The third-order valence-corrected chi connectivity index (χ3v) is 2.47. The molecule has 6 nitrogen and oxygen atoms in total. The largest absolute Gasteiger partial charge is 0.396 e. The smallest absolute Gasteiger partial charge is 0.318 e. The molecule has 4 N–H and O–H groups in total. The number of aliphatic hydroxyl groups is 1. The van der Waals surface area contributed by atoms with Gasteiger partial charge in [0.25, 0.3) is 0 Å². The third-order valence-electron chi connectivity index (χ3n) is 2.47. The zero-order valence-corrected chi connectivity index (χ0v) is 10.9. The summed E-state index contributed by atoms with van der Waals surface area (Å²) in [6.07, 6.45) is 1.68. The number of aliphatic hydroxyl groups excluding tert-OH is 1. The van der Waals surface area contributed by atoms with E-state index in [1.165, 1.54) is 7.05 Å². The second-order valence-electron chi connectivity index (χ2n) is 4.01. The van der Waals surface area contributed by atoms with Crippen LogP contribution in [0.5, 0.6) is 0 Å². The Kier molecular flexibility index (Phi) is 6.38. The van der Waals surface area contributed by atoms with Crippen molar-refractivity contribution in [1.82, 2.24) is 5.32 Å². The molecule has 0 aliphatic rings. The summed E-state index contributed by atoms with van der Waals surface area (Å²) >= 11 is 0. The first-order valence-corrected chi connectivity index (χ1v) is 6.15. The van der Waals surface area contributed by atoms with E-state index >= 15 is 0 Å². The molecule has 0 saturated heterocycles. The van der Waals surface area contributed by atoms with Gasteiger partial charge in [0.15, 0.2) is 0 Å². The van der Waals surface area contributed by atoms with E-state index in [0.29, 0.717) is 30.6 Å². The summed E-state index contributed by atoms with van der Waals surface area (Å²) in [5.41, 5.74) is 1.33. The quantitative estimate of drug-likeness (QED) is 0.588. The van der Waals surface area contributed by atoms with E-state index in [2.05, 4.69) is 16.0 Å². The Morgan fingerprint density at radius 2 is 1.63 bits per heavy atom. The van der Waals surface area contributed by atoms with Gasteiger partial charge in [0.1, 0.15) is 0 Å². The molecular formula is C13H19N3O3. The Balaban J connectivity index is 2.43. The highest BCUT2D eigenvalue weighted by atomic mass is 16.3. The number of benzene rings is 1. The molecule has 0 aromatic heterocycles. The van der Waals surface area contributed by atoms with Crippen molar-refractivity contribution < 1.29 is 14.7 Å². The number of carbonyl (C=O) groups is 2. The molecule has 0 unspecified atom stereocenters. The van der Waals surface area contributed by atoms with Crippen LogP contribution in [0.1, 0.15) is 19.3 Å². The van der Waals surface area contributed by atoms with Crippen molar-refractivity contribution >= 4 is 23.3 Å². The molecule has 0 spiro atoms. The molecule has 1 rings (SSSR count). The molecule has 6 heteroatoms. The van der Waals surface area contributed by atoms with Crippen molar-refractivity contribution in [3.05, 3.63) is 24.3 Å². The first-order valence-electron chi connectivity index (χ1n) is 6.15. The average Bonchev–Trinajstić information content (AvgIpc) is 2.41. The monoisotopic (exact) mass is 265 g/mol. The van der Waals surface area contributed by atoms with Crippen molar-refractivity contribution in [2.45, 2.75) is 19.3 Å². The van der Waals surface area contributed by atoms with Gasteiger partial charge in [-0.15, -0.1) is 0 Å². The maximum Gasteiger partial charge on any atom is 0.318 e. The van der Waals surface area contributed by atoms with E-state index in [1.54, 1.807) is 24.3 Å². The van der Waals surface area contributed by atoms with E-state index in [-0.39, 0.29) is 18.5 Å². The summed E-state index contributed by atoms with van der Waals surface area (Å²) in [5.74, 6) is -0.0829. The lowest BCUT2D eigenvalue weighted by Crippen LogP contribution is -2.24. The highest BCUT2D eigenvalue weighted by molar-refractivity contribution is 5.92. The van der Waals surface area contributed by atoms with Crippen LogP contribution in [0.4, 0.5) is 16.2 Å². The summed E-state index contributed by atoms with van der Waals surface area (Å²) in [6, 6.07) is 6.56. The van der Waals surface area contributed by atoms with Gasteiger partial charge in [-0.05, 0) is 37.1 Å². The average molecular weight is 265 g/mol. The summed E-state index contributed by atoms with van der Waals surface area (Å²) in [5, 5.41) is 16.4. The second kappa shape index (κ2) is 8.10. The number of rotatable bonds is 6. The number of unbranched alkanes of at least 4 members (excludes halogenated alkanes) is 1. The Hall–Kier alpha value is -2.08. The predicted molar refractivity (Wildman–Crippen MR) is 74.1 cm³/mol. The van der Waals surface area contributed by atoms with Crippen LogP contribution in [0.15, 0.2) is 24.3 Å². The van der Waals surface area contributed by atoms with Gasteiger partial charge in [0, 0.05) is 31.5 Å². The Morgan fingerprint density at radius 3 is 2.16 bits per heavy atom. The van der Waals surface area contributed by atoms with Crippen LogP contribution in [0, 0.1) is 0 Å². The molecule has 19 heavy (non-hydrogen) atoms. The fourth-order valence-electron chi connectivity index (χ4n) is 1.45. The van der Waals surface area contributed by atoms with Gasteiger partial charge in [0.05, 0.1) is 0 Å². The van der Waals surface area contributed by atoms with Crippen LogP contribution >= 0.6 is 0 Å². The van der Waals surface area contributed by atoms with Gasteiger partial charge < -0.3 is 21.1 Å². The van der Waals surface area contributed by atoms with Crippen LogP contribution in [-0.4, -0.2) is 30.7 Å². The van der Waals surface area contributed by atoms with E-state index < -0.39 is 0 Å². The number of urea groups is 1. The molecule has 0 radical (unpaired) electrons. The normalized spacial score (nSPS) is 9.79. The van der Waals surface area contributed by atoms with Crippen molar-refractivity contribution in [1.29, 1.82) is 0 Å². The predicted octanol–water partition coefficient (Wildman–Crippen LogP) is 1.54. The topological polar surface area (TPSA) is 90.5 Å². The minimum Gasteiger partial charge on any atom is -0.396 e. The molecule has 0 aliphatic heterocycles. The van der Waals surface area contributed by atoms with Crippen molar-refractivity contribution in [2.75, 3.05) is 24.3 Å². The molecule has 0 saturated carbocycles. The lowest BCUT2D eigenvalue weighted by Gasteiger charge is -2.07. The number of hydrogen-bond acceptors (Lipinski definition) is 3. The lowest BCUT2D eigenvalue weighted by atomic mass is 10.2. The molecular weight excluding hydrogens is 246 g/mol. The maximum absolute atomic E-state index is 11.5. The van der Waals surface area contributed by atoms with Gasteiger partial charge in [0.2, 0.25) is 5.91 Å². The Labute approximate surface area is 112 Å². The van der Waals surface area contributed by atoms with Crippen molar-refractivity contribution in [3.63, 3.8) is 0 Å². The summed E-state index contributed by atoms with van der Waals surface area (Å²) < 4.78 is 0. The van der Waals surface area contributed by atoms with Gasteiger partial charge in [-0.2, -0.15) is 0 Å². The highest BCUT2D eigenvalue weighted by Crippen LogP contribution is 2.14. The van der Waals surface area contributed by atoms with Crippen LogP contribution in [0.3, 0.4) is 0 Å². The lowest BCUT2D eigenvalue weighted by molar-refractivity contribution is -0.116. The Bertz CT molecular complexity index is 418. The number of amides is 3. The van der Waals surface area contributed by atoms with Gasteiger partial charge >= 0.3 is 6.03 Å². The zero-order valence-electron chi connectivity index (χ0n) is 10.9. The second-order valence-corrected chi connectivity index (χ2v) is 4.01. The van der Waals surface area contributed by atoms with Crippen LogP contribution in [0.25, 0.3) is 0 Å². The Morgan fingerprint density at radius 1 is 1.05 bits per heavy atom. The van der Waals surface area contributed by atoms with Gasteiger partial charge in [-0.1, -0.05) is 0 Å². The van der Waals surface area contributed by atoms with E-state index in [4.69, 9.17) is 5.11 Å². The molecule has 0 heterocycles. The third kappa shape index (κ3) is 5.87. The zero-order chi connectivity index (χ0) is 14.1. The van der Waals surface area contributed by atoms with Crippen LogP contribution in [-0.2, 0) is 4.79 Å². The highest BCUT2D eigenvalue weighted by Gasteiger charge is 2.03. The minimum atomic E-state index is -0.291. The number of nitrogens with one attached hydrogen (secondary N) is 3. The van der Waals surface area contributed by atoms with Crippen molar-refractivity contribution in [2.24, 2.45) is 0 Å². The van der Waals surface area contributed by atoms with Crippen LogP contribution < -0.4 is 16.0 Å². The molecule has 3 amide bonds. The SMILES string of the molecule is CNC(=O)Nc1ccc(NC(=O)CCCCO)cc1. The fourth-order valence-corrected chi connectivity index (χ4v) is 1.45. The molecule has 0 bridgehead atoms. The molecule has 0 fully saturated rings.